The van der Waals surface area contributed by atoms with Crippen LogP contribution < -0.4 is 11.1 Å². The first-order chi connectivity index (χ1) is 10.3. The summed E-state index contributed by atoms with van der Waals surface area (Å²) in [6, 6.07) is 3.66. The van der Waals surface area contributed by atoms with Gasteiger partial charge in [-0.15, -0.1) is 0 Å². The number of carbonyl (C=O) groups excluding carboxylic acids is 1. The molecule has 2 aliphatic rings. The predicted octanol–water partition coefficient (Wildman–Crippen LogP) is 2.44. The summed E-state index contributed by atoms with van der Waals surface area (Å²) in [5, 5.41) is 2.45. The van der Waals surface area contributed by atoms with Crippen LogP contribution in [-0.2, 0) is 9.53 Å². The zero-order valence-corrected chi connectivity index (χ0v) is 12.7. The van der Waals surface area contributed by atoms with Gasteiger partial charge in [-0.1, -0.05) is 19.9 Å². The number of hydrogen-bond acceptors (Lipinski definition) is 3. The first-order valence-corrected chi connectivity index (χ1v) is 7.46. The maximum absolute atomic E-state index is 13.7. The van der Waals surface area contributed by atoms with Crippen LogP contribution in [0.1, 0.15) is 26.7 Å². The van der Waals surface area contributed by atoms with Crippen LogP contribution in [0.15, 0.2) is 18.2 Å². The second kappa shape index (κ2) is 4.99. The number of halogens is 2. The van der Waals surface area contributed by atoms with E-state index in [-0.39, 0.29) is 17.7 Å². The Kier molecular flexibility index (Phi) is 3.49. The maximum Gasteiger partial charge on any atom is 0.245 e. The van der Waals surface area contributed by atoms with Crippen molar-refractivity contribution >= 4 is 11.6 Å². The van der Waals surface area contributed by atoms with E-state index in [1.54, 1.807) is 0 Å². The van der Waals surface area contributed by atoms with Crippen molar-refractivity contribution in [1.82, 2.24) is 0 Å². The molecule has 2 fully saturated rings. The molecule has 4 nitrogen and oxygen atoms in total. The molecule has 0 aromatic heterocycles. The van der Waals surface area contributed by atoms with Gasteiger partial charge in [-0.25, -0.2) is 8.78 Å². The summed E-state index contributed by atoms with van der Waals surface area (Å²) >= 11 is 0. The van der Waals surface area contributed by atoms with Crippen LogP contribution in [0.3, 0.4) is 0 Å². The first kappa shape index (κ1) is 15.4. The molecule has 1 saturated carbocycles. The van der Waals surface area contributed by atoms with E-state index in [0.29, 0.717) is 6.61 Å². The summed E-state index contributed by atoms with van der Waals surface area (Å²) in [4.78, 5) is 12.7. The van der Waals surface area contributed by atoms with Crippen molar-refractivity contribution in [2.45, 2.75) is 38.3 Å². The van der Waals surface area contributed by atoms with Gasteiger partial charge >= 0.3 is 0 Å². The van der Waals surface area contributed by atoms with Crippen LogP contribution in [0.4, 0.5) is 14.5 Å². The molecule has 1 aliphatic carbocycles. The number of amides is 1. The Balaban J connectivity index is 1.86. The quantitative estimate of drug-likeness (QED) is 0.882. The lowest BCUT2D eigenvalue weighted by atomic mass is 9.46. The van der Waals surface area contributed by atoms with Crippen LogP contribution in [0.2, 0.25) is 0 Å². The number of rotatable bonds is 2. The number of nitrogens with one attached hydrogen (secondary N) is 1. The van der Waals surface area contributed by atoms with Gasteiger partial charge in [0, 0.05) is 17.9 Å². The smallest absolute Gasteiger partial charge is 0.245 e. The summed E-state index contributed by atoms with van der Waals surface area (Å²) in [5.74, 6) is -2.68. The molecule has 22 heavy (non-hydrogen) atoms. The third-order valence-corrected chi connectivity index (χ3v) is 5.26. The molecule has 0 radical (unpaired) electrons. The zero-order valence-electron chi connectivity index (χ0n) is 12.7. The lowest BCUT2D eigenvalue weighted by Gasteiger charge is -2.65. The van der Waals surface area contributed by atoms with Crippen molar-refractivity contribution < 1.29 is 18.3 Å². The van der Waals surface area contributed by atoms with Crippen LogP contribution in [0.5, 0.6) is 0 Å². The van der Waals surface area contributed by atoms with Crippen molar-refractivity contribution in [3.05, 3.63) is 29.8 Å². The molecule has 3 unspecified atom stereocenters. The number of nitrogens with two attached hydrogens (primary N) is 1. The van der Waals surface area contributed by atoms with Gasteiger partial charge in [-0.05, 0) is 25.0 Å². The molecule has 3 N–H and O–H groups in total. The largest absolute Gasteiger partial charge is 0.377 e. The normalized spacial score (nSPS) is 32.8. The second-order valence-electron chi connectivity index (χ2n) is 6.69. The molecular weight excluding hydrogens is 290 g/mol. The first-order valence-electron chi connectivity index (χ1n) is 7.46. The molecule has 1 aromatic rings. The van der Waals surface area contributed by atoms with Gasteiger partial charge in [0.1, 0.15) is 5.54 Å². The third-order valence-electron chi connectivity index (χ3n) is 5.26. The minimum absolute atomic E-state index is 0.0747. The van der Waals surface area contributed by atoms with E-state index in [0.717, 1.165) is 18.9 Å². The molecule has 0 bridgehead atoms. The summed E-state index contributed by atoms with van der Waals surface area (Å²) in [7, 11) is 0. The highest BCUT2D eigenvalue weighted by Crippen LogP contribution is 2.57. The Labute approximate surface area is 128 Å². The lowest BCUT2D eigenvalue weighted by Crippen LogP contribution is -2.81. The zero-order chi connectivity index (χ0) is 16.1. The number of ether oxygens (including phenoxy) is 1. The summed E-state index contributed by atoms with van der Waals surface area (Å²) < 4.78 is 32.7. The van der Waals surface area contributed by atoms with E-state index in [9.17, 15) is 13.6 Å². The number of fused-ring (bicyclic) bond motifs is 1. The Morgan fingerprint density at radius 1 is 1.41 bits per heavy atom. The van der Waals surface area contributed by atoms with Crippen molar-refractivity contribution in [2.75, 3.05) is 11.9 Å². The Hall–Kier alpha value is -1.53. The predicted molar refractivity (Wildman–Crippen MR) is 78.2 cm³/mol. The van der Waals surface area contributed by atoms with Crippen LogP contribution >= 0.6 is 0 Å². The van der Waals surface area contributed by atoms with Gasteiger partial charge in [-0.3, -0.25) is 4.79 Å². The number of carbonyl (C=O) groups is 1. The molecule has 1 aliphatic heterocycles. The maximum atomic E-state index is 13.7. The highest BCUT2D eigenvalue weighted by molar-refractivity contribution is 6.00. The molecule has 120 valence electrons. The summed E-state index contributed by atoms with van der Waals surface area (Å²) in [6.45, 7) is 4.42. The lowest BCUT2D eigenvalue weighted by molar-refractivity contribution is -0.222. The molecular formula is C16H20F2N2O2. The SMILES string of the molecule is CC1(C)C2OCCCC2C1(N)C(=O)Nc1cccc(F)c1F. The molecule has 1 heterocycles. The number of benzene rings is 1. The van der Waals surface area contributed by atoms with Gasteiger partial charge in [0.2, 0.25) is 5.91 Å². The van der Waals surface area contributed by atoms with E-state index in [1.165, 1.54) is 12.1 Å². The Bertz CT molecular complexity index is 620. The van der Waals surface area contributed by atoms with Gasteiger partial charge in [0.05, 0.1) is 11.8 Å². The van der Waals surface area contributed by atoms with Crippen molar-refractivity contribution in [2.24, 2.45) is 17.1 Å². The van der Waals surface area contributed by atoms with E-state index in [1.807, 2.05) is 13.8 Å². The summed E-state index contributed by atoms with van der Waals surface area (Å²) in [5.41, 5.74) is 4.50. The molecule has 6 heteroatoms. The minimum Gasteiger partial charge on any atom is -0.377 e. The van der Waals surface area contributed by atoms with E-state index >= 15 is 0 Å². The monoisotopic (exact) mass is 310 g/mol. The molecule has 1 amide bonds. The fourth-order valence-electron chi connectivity index (χ4n) is 3.86. The topological polar surface area (TPSA) is 64.3 Å². The highest BCUT2D eigenvalue weighted by atomic mass is 19.2. The highest BCUT2D eigenvalue weighted by Gasteiger charge is 2.70. The van der Waals surface area contributed by atoms with Gasteiger partial charge in [0.25, 0.3) is 0 Å². The van der Waals surface area contributed by atoms with E-state index in [2.05, 4.69) is 5.32 Å². The van der Waals surface area contributed by atoms with Crippen molar-refractivity contribution in [1.29, 1.82) is 0 Å². The average Bonchev–Trinajstić information content (AvgIpc) is 2.50. The number of hydrogen-bond donors (Lipinski definition) is 2. The minimum atomic E-state index is -1.16. The van der Waals surface area contributed by atoms with Gasteiger partial charge in [0.15, 0.2) is 11.6 Å². The Morgan fingerprint density at radius 2 is 2.14 bits per heavy atom. The van der Waals surface area contributed by atoms with E-state index < -0.39 is 28.5 Å². The molecule has 3 atom stereocenters. The van der Waals surface area contributed by atoms with Crippen molar-refractivity contribution in [3.8, 4) is 0 Å². The van der Waals surface area contributed by atoms with Crippen molar-refractivity contribution in [3.63, 3.8) is 0 Å². The average molecular weight is 310 g/mol. The molecule has 3 rings (SSSR count). The standard InChI is InChI=1S/C16H20F2N2O2/c1-15(2)13-9(5-4-8-22-13)16(15,19)14(21)20-11-7-3-6-10(17)12(11)18/h3,6-7,9,13H,4-5,8,19H2,1-2H3,(H,20,21). The van der Waals surface area contributed by atoms with Crippen LogP contribution in [0, 0.1) is 23.0 Å². The second-order valence-corrected chi connectivity index (χ2v) is 6.69. The third kappa shape index (κ3) is 1.90. The molecule has 1 aromatic carbocycles. The van der Waals surface area contributed by atoms with Crippen LogP contribution in [0.25, 0.3) is 0 Å². The van der Waals surface area contributed by atoms with Gasteiger partial charge < -0.3 is 15.8 Å². The van der Waals surface area contributed by atoms with Gasteiger partial charge in [-0.2, -0.15) is 0 Å². The fourth-order valence-corrected chi connectivity index (χ4v) is 3.86. The summed E-state index contributed by atoms with van der Waals surface area (Å²) in [6.07, 6.45) is 1.57. The van der Waals surface area contributed by atoms with Crippen LogP contribution in [-0.4, -0.2) is 24.2 Å². The van der Waals surface area contributed by atoms with E-state index in [4.69, 9.17) is 10.5 Å². The fraction of sp³-hybridized carbons (Fsp3) is 0.562. The molecule has 1 saturated heterocycles. The molecule has 0 spiro atoms. The number of anilines is 1. The Morgan fingerprint density at radius 3 is 2.86 bits per heavy atom.